The third kappa shape index (κ3) is 3.05. The van der Waals surface area contributed by atoms with E-state index in [1.54, 1.807) is 0 Å². The third-order valence-electron chi connectivity index (χ3n) is 5.35. The van der Waals surface area contributed by atoms with Gasteiger partial charge in [0.1, 0.15) is 0 Å². The van der Waals surface area contributed by atoms with Crippen LogP contribution in [0.1, 0.15) is 58.8 Å². The maximum absolute atomic E-state index is 12.1. The predicted octanol–water partition coefficient (Wildman–Crippen LogP) is 2.45. The van der Waals surface area contributed by atoms with Crippen molar-refractivity contribution in [1.82, 2.24) is 5.32 Å². The van der Waals surface area contributed by atoms with Gasteiger partial charge in [-0.2, -0.15) is 0 Å². The molecule has 3 N–H and O–H groups in total. The van der Waals surface area contributed by atoms with Crippen LogP contribution in [-0.4, -0.2) is 18.5 Å². The maximum atomic E-state index is 12.1. The van der Waals surface area contributed by atoms with Gasteiger partial charge in [0.05, 0.1) is 0 Å². The number of nitrogens with one attached hydrogen (secondary N) is 1. The number of carbonyl (C=O) groups is 1. The average Bonchev–Trinajstić information content (AvgIpc) is 2.29. The maximum Gasteiger partial charge on any atom is 0.220 e. The van der Waals surface area contributed by atoms with Gasteiger partial charge >= 0.3 is 0 Å². The first kappa shape index (κ1) is 13.9. The van der Waals surface area contributed by atoms with Gasteiger partial charge in [0.15, 0.2) is 0 Å². The molecule has 2 aliphatic rings. The van der Waals surface area contributed by atoms with Crippen molar-refractivity contribution in [3.8, 4) is 0 Å². The Morgan fingerprint density at radius 1 is 1.28 bits per heavy atom. The van der Waals surface area contributed by atoms with Crippen molar-refractivity contribution < 1.29 is 4.79 Å². The van der Waals surface area contributed by atoms with Crippen LogP contribution in [0.4, 0.5) is 0 Å². The molecular formula is C15H28N2O. The highest BCUT2D eigenvalue weighted by Gasteiger charge is 2.38. The fourth-order valence-corrected chi connectivity index (χ4v) is 3.43. The van der Waals surface area contributed by atoms with E-state index >= 15 is 0 Å². The molecule has 3 heteroatoms. The third-order valence-corrected chi connectivity index (χ3v) is 5.35. The SMILES string of the molecule is CC1CCC(NC(=O)CC2(CN)CCC2)CC1C. The highest BCUT2D eigenvalue weighted by Crippen LogP contribution is 2.43. The molecule has 3 nitrogen and oxygen atoms in total. The van der Waals surface area contributed by atoms with Crippen LogP contribution in [0.25, 0.3) is 0 Å². The van der Waals surface area contributed by atoms with E-state index in [1.807, 2.05) is 0 Å². The van der Waals surface area contributed by atoms with Gasteiger partial charge in [-0.15, -0.1) is 0 Å². The molecule has 2 rings (SSSR count). The number of hydrogen-bond acceptors (Lipinski definition) is 2. The summed E-state index contributed by atoms with van der Waals surface area (Å²) >= 11 is 0. The van der Waals surface area contributed by atoms with Crippen molar-refractivity contribution >= 4 is 5.91 Å². The van der Waals surface area contributed by atoms with Gasteiger partial charge in [-0.25, -0.2) is 0 Å². The van der Waals surface area contributed by atoms with Crippen LogP contribution in [0.5, 0.6) is 0 Å². The molecule has 0 aliphatic heterocycles. The highest BCUT2D eigenvalue weighted by atomic mass is 16.1. The zero-order valence-corrected chi connectivity index (χ0v) is 11.9. The average molecular weight is 252 g/mol. The molecule has 104 valence electrons. The molecule has 0 aromatic carbocycles. The molecule has 0 aromatic heterocycles. The Labute approximate surface area is 111 Å². The minimum Gasteiger partial charge on any atom is -0.353 e. The molecule has 0 bridgehead atoms. The molecule has 2 saturated carbocycles. The zero-order chi connectivity index (χ0) is 13.2. The van der Waals surface area contributed by atoms with Crippen molar-refractivity contribution in [2.45, 2.75) is 64.8 Å². The first-order valence-corrected chi connectivity index (χ1v) is 7.54. The van der Waals surface area contributed by atoms with E-state index in [-0.39, 0.29) is 11.3 Å². The smallest absolute Gasteiger partial charge is 0.220 e. The van der Waals surface area contributed by atoms with Crippen LogP contribution in [0.15, 0.2) is 0 Å². The van der Waals surface area contributed by atoms with E-state index < -0.39 is 0 Å². The zero-order valence-electron chi connectivity index (χ0n) is 11.9. The minimum atomic E-state index is 0.137. The Morgan fingerprint density at radius 3 is 2.50 bits per heavy atom. The fourth-order valence-electron chi connectivity index (χ4n) is 3.43. The molecule has 0 spiro atoms. The first-order valence-electron chi connectivity index (χ1n) is 7.54. The lowest BCUT2D eigenvalue weighted by Crippen LogP contribution is -2.45. The second-order valence-electron chi connectivity index (χ2n) is 6.77. The van der Waals surface area contributed by atoms with Gasteiger partial charge in [0.2, 0.25) is 5.91 Å². The van der Waals surface area contributed by atoms with Gasteiger partial charge in [0.25, 0.3) is 0 Å². The van der Waals surface area contributed by atoms with Gasteiger partial charge in [-0.05, 0) is 55.9 Å². The lowest BCUT2D eigenvalue weighted by molar-refractivity contribution is -0.125. The second kappa shape index (κ2) is 5.60. The van der Waals surface area contributed by atoms with E-state index in [0.717, 1.165) is 37.5 Å². The summed E-state index contributed by atoms with van der Waals surface area (Å²) in [5, 5.41) is 3.23. The summed E-state index contributed by atoms with van der Waals surface area (Å²) < 4.78 is 0. The largest absolute Gasteiger partial charge is 0.353 e. The van der Waals surface area contributed by atoms with E-state index in [4.69, 9.17) is 5.73 Å². The van der Waals surface area contributed by atoms with Crippen molar-refractivity contribution in [3.63, 3.8) is 0 Å². The summed E-state index contributed by atoms with van der Waals surface area (Å²) in [4.78, 5) is 12.1. The molecule has 0 heterocycles. The minimum absolute atomic E-state index is 0.137. The van der Waals surface area contributed by atoms with E-state index in [0.29, 0.717) is 19.0 Å². The molecule has 2 aliphatic carbocycles. The van der Waals surface area contributed by atoms with Gasteiger partial charge in [-0.3, -0.25) is 4.79 Å². The molecule has 3 atom stereocenters. The second-order valence-corrected chi connectivity index (χ2v) is 6.77. The quantitative estimate of drug-likeness (QED) is 0.807. The van der Waals surface area contributed by atoms with Crippen LogP contribution in [0.3, 0.4) is 0 Å². The van der Waals surface area contributed by atoms with Crippen molar-refractivity contribution in [2.75, 3.05) is 6.54 Å². The van der Waals surface area contributed by atoms with Crippen LogP contribution < -0.4 is 11.1 Å². The Bertz CT molecular complexity index is 293. The molecule has 0 radical (unpaired) electrons. The predicted molar refractivity (Wildman–Crippen MR) is 74.1 cm³/mol. The van der Waals surface area contributed by atoms with Crippen LogP contribution in [0, 0.1) is 17.3 Å². The highest BCUT2D eigenvalue weighted by molar-refractivity contribution is 5.77. The van der Waals surface area contributed by atoms with E-state index in [9.17, 15) is 4.79 Å². The van der Waals surface area contributed by atoms with E-state index in [1.165, 1.54) is 12.8 Å². The molecule has 3 unspecified atom stereocenters. The fraction of sp³-hybridized carbons (Fsp3) is 0.933. The number of hydrogen-bond donors (Lipinski definition) is 2. The molecule has 0 aromatic rings. The van der Waals surface area contributed by atoms with Crippen LogP contribution in [-0.2, 0) is 4.79 Å². The van der Waals surface area contributed by atoms with Gasteiger partial charge < -0.3 is 11.1 Å². The number of nitrogens with two attached hydrogens (primary N) is 1. The summed E-state index contributed by atoms with van der Waals surface area (Å²) in [5.41, 5.74) is 5.95. The molecule has 0 saturated heterocycles. The summed E-state index contributed by atoms with van der Waals surface area (Å²) in [6.45, 7) is 5.29. The summed E-state index contributed by atoms with van der Waals surface area (Å²) in [6, 6.07) is 0.401. The monoisotopic (exact) mass is 252 g/mol. The van der Waals surface area contributed by atoms with E-state index in [2.05, 4.69) is 19.2 Å². The van der Waals surface area contributed by atoms with Gasteiger partial charge in [-0.1, -0.05) is 20.3 Å². The molecule has 2 fully saturated rings. The number of amides is 1. The Hall–Kier alpha value is -0.570. The van der Waals surface area contributed by atoms with Crippen LogP contribution >= 0.6 is 0 Å². The van der Waals surface area contributed by atoms with Crippen molar-refractivity contribution in [3.05, 3.63) is 0 Å². The molecule has 1 amide bonds. The Morgan fingerprint density at radius 2 is 2.00 bits per heavy atom. The summed E-state index contributed by atoms with van der Waals surface area (Å²) in [5.74, 6) is 1.77. The lowest BCUT2D eigenvalue weighted by atomic mass is 9.66. The summed E-state index contributed by atoms with van der Waals surface area (Å²) in [6.07, 6.45) is 7.68. The molecular weight excluding hydrogens is 224 g/mol. The topological polar surface area (TPSA) is 55.1 Å². The number of carbonyl (C=O) groups excluding carboxylic acids is 1. The number of rotatable bonds is 4. The van der Waals surface area contributed by atoms with Gasteiger partial charge in [0, 0.05) is 12.5 Å². The lowest BCUT2D eigenvalue weighted by Gasteiger charge is -2.41. The first-order chi connectivity index (χ1) is 8.54. The van der Waals surface area contributed by atoms with Crippen molar-refractivity contribution in [2.24, 2.45) is 23.0 Å². The standard InChI is InChI=1S/C15H28N2O/c1-11-4-5-13(8-12(11)2)17-14(18)9-15(10-16)6-3-7-15/h11-13H,3-10,16H2,1-2H3,(H,17,18). The molecule has 18 heavy (non-hydrogen) atoms. The van der Waals surface area contributed by atoms with Crippen LogP contribution in [0.2, 0.25) is 0 Å². The van der Waals surface area contributed by atoms with Crippen molar-refractivity contribution in [1.29, 1.82) is 0 Å². The summed E-state index contributed by atoms with van der Waals surface area (Å²) in [7, 11) is 0. The normalized spacial score (nSPS) is 34.7. The Balaban J connectivity index is 1.77. The Kier molecular flexibility index (Phi) is 4.31.